The molecule has 1 aliphatic rings. The number of allylic oxidation sites excluding steroid dienone is 1. The Balaban J connectivity index is 1.82. The monoisotopic (exact) mass is 406 g/mol. The van der Waals surface area contributed by atoms with Crippen LogP contribution in [0.4, 0.5) is 4.39 Å². The summed E-state index contributed by atoms with van der Waals surface area (Å²) in [4.78, 5) is 6.54. The van der Waals surface area contributed by atoms with Crippen LogP contribution in [0, 0.1) is 5.82 Å². The molecule has 1 aromatic heterocycles. The van der Waals surface area contributed by atoms with Crippen molar-refractivity contribution in [3.63, 3.8) is 0 Å². The summed E-state index contributed by atoms with van der Waals surface area (Å²) < 4.78 is 19.1. The molecule has 7 heteroatoms. The third kappa shape index (κ3) is 3.69. The van der Waals surface area contributed by atoms with Crippen LogP contribution in [0.15, 0.2) is 77.5 Å². The summed E-state index contributed by atoms with van der Waals surface area (Å²) in [6.45, 7) is 6.30. The van der Waals surface area contributed by atoms with Crippen molar-refractivity contribution in [3.05, 3.63) is 90.2 Å². The Morgan fingerprint density at radius 2 is 1.93 bits per heavy atom. The fourth-order valence-corrected chi connectivity index (χ4v) is 3.68. The maximum atomic E-state index is 13.5. The molecule has 0 fully saturated rings. The summed E-state index contributed by atoms with van der Waals surface area (Å²) in [6.07, 6.45) is 1.77. The van der Waals surface area contributed by atoms with Crippen LogP contribution in [-0.4, -0.2) is 26.7 Å². The average molecular weight is 406 g/mol. The first kappa shape index (κ1) is 19.0. The van der Waals surface area contributed by atoms with Crippen molar-refractivity contribution in [2.75, 3.05) is 6.54 Å². The molecule has 146 valence electrons. The Bertz CT molecular complexity index is 1080. The summed E-state index contributed by atoms with van der Waals surface area (Å²) in [5.41, 5.74) is 3.38. The zero-order valence-electron chi connectivity index (χ0n) is 15.8. The van der Waals surface area contributed by atoms with Gasteiger partial charge in [-0.15, -0.1) is 6.58 Å². The third-order valence-corrected chi connectivity index (χ3v) is 5.14. The van der Waals surface area contributed by atoms with E-state index in [2.05, 4.69) is 22.0 Å². The van der Waals surface area contributed by atoms with E-state index in [4.69, 9.17) is 16.7 Å². The van der Waals surface area contributed by atoms with Gasteiger partial charge in [0.25, 0.3) is 5.89 Å². The van der Waals surface area contributed by atoms with E-state index in [9.17, 15) is 4.39 Å². The summed E-state index contributed by atoms with van der Waals surface area (Å²) in [6, 6.07) is 15.6. The van der Waals surface area contributed by atoms with Crippen LogP contribution in [-0.2, 0) is 0 Å². The van der Waals surface area contributed by atoms with E-state index in [1.807, 2.05) is 42.2 Å². The van der Waals surface area contributed by atoms with Gasteiger partial charge in [0, 0.05) is 17.8 Å². The number of rotatable bonds is 5. The van der Waals surface area contributed by atoms with Crippen LogP contribution in [0.3, 0.4) is 0 Å². The number of hydrogen-bond acceptors (Lipinski definition) is 4. The van der Waals surface area contributed by atoms with Crippen molar-refractivity contribution in [2.45, 2.75) is 13.0 Å². The first-order valence-corrected chi connectivity index (χ1v) is 9.54. The highest BCUT2D eigenvalue weighted by Crippen LogP contribution is 2.37. The van der Waals surface area contributed by atoms with Gasteiger partial charge in [-0.05, 0) is 36.8 Å². The fourth-order valence-electron chi connectivity index (χ4n) is 3.35. The molecule has 3 aromatic rings. The Kier molecular flexibility index (Phi) is 5.22. The Morgan fingerprint density at radius 1 is 1.21 bits per heavy atom. The minimum Gasteiger partial charge on any atom is -0.351 e. The Morgan fingerprint density at radius 3 is 2.62 bits per heavy atom. The van der Waals surface area contributed by atoms with E-state index < -0.39 is 0 Å². The van der Waals surface area contributed by atoms with E-state index in [0.29, 0.717) is 23.4 Å². The molecule has 0 radical (unpaired) electrons. The molecule has 1 aliphatic heterocycles. The van der Waals surface area contributed by atoms with Gasteiger partial charge in [0.2, 0.25) is 5.82 Å². The van der Waals surface area contributed by atoms with Crippen LogP contribution in [0.2, 0.25) is 0 Å². The molecule has 2 aromatic carbocycles. The molecule has 1 N–H and O–H groups in total. The highest BCUT2D eigenvalue weighted by molar-refractivity contribution is 7.80. The average Bonchev–Trinajstić information content (AvgIpc) is 3.22. The molecule has 0 bridgehead atoms. The number of halogens is 1. The van der Waals surface area contributed by atoms with Gasteiger partial charge in [-0.2, -0.15) is 4.98 Å². The van der Waals surface area contributed by atoms with E-state index in [1.54, 1.807) is 18.2 Å². The smallest absolute Gasteiger partial charge is 0.258 e. The van der Waals surface area contributed by atoms with E-state index in [-0.39, 0.29) is 11.9 Å². The molecule has 5 nitrogen and oxygen atoms in total. The van der Waals surface area contributed by atoms with Crippen molar-refractivity contribution < 1.29 is 8.91 Å². The zero-order chi connectivity index (χ0) is 20.4. The molecule has 29 heavy (non-hydrogen) atoms. The number of benzene rings is 2. The van der Waals surface area contributed by atoms with Gasteiger partial charge in [-0.3, -0.25) is 0 Å². The molecule has 4 rings (SSSR count). The summed E-state index contributed by atoms with van der Waals surface area (Å²) in [5, 5.41) is 8.02. The number of aromatic nitrogens is 2. The second-order valence-electron chi connectivity index (χ2n) is 6.62. The minimum absolute atomic E-state index is 0.299. The predicted octanol–water partition coefficient (Wildman–Crippen LogP) is 4.72. The van der Waals surface area contributed by atoms with E-state index in [1.165, 1.54) is 12.1 Å². The number of thiocarbonyl (C=S) groups is 1. The molecular formula is C22H19FN4OS. The zero-order valence-corrected chi connectivity index (χ0v) is 16.6. The predicted molar refractivity (Wildman–Crippen MR) is 114 cm³/mol. The Labute approximate surface area is 173 Å². The van der Waals surface area contributed by atoms with Crippen molar-refractivity contribution in [1.82, 2.24) is 20.4 Å². The molecule has 0 aliphatic carbocycles. The van der Waals surface area contributed by atoms with E-state index in [0.717, 1.165) is 22.4 Å². The molecule has 0 spiro atoms. The third-order valence-electron chi connectivity index (χ3n) is 4.80. The van der Waals surface area contributed by atoms with Gasteiger partial charge in [0.05, 0.1) is 11.6 Å². The lowest BCUT2D eigenvalue weighted by Crippen LogP contribution is -2.45. The van der Waals surface area contributed by atoms with Crippen LogP contribution >= 0.6 is 12.2 Å². The van der Waals surface area contributed by atoms with Gasteiger partial charge in [-0.1, -0.05) is 53.7 Å². The number of nitrogens with one attached hydrogen (secondary N) is 1. The first-order valence-electron chi connectivity index (χ1n) is 9.13. The minimum atomic E-state index is -0.340. The quantitative estimate of drug-likeness (QED) is 0.489. The lowest BCUT2D eigenvalue weighted by atomic mass is 9.95. The van der Waals surface area contributed by atoms with Gasteiger partial charge >= 0.3 is 0 Å². The lowest BCUT2D eigenvalue weighted by molar-refractivity contribution is 0.399. The molecule has 0 saturated heterocycles. The maximum absolute atomic E-state index is 13.5. The number of hydrogen-bond donors (Lipinski definition) is 1. The standard InChI is InChI=1S/C22H19FN4OS/c1-3-13-27-14(2)18(19(24-22(27)29)15-9-11-17(23)12-10-15)21-25-20(26-28-21)16-7-5-4-6-8-16/h3-12,19H,1,13H2,2H3,(H,24,29). The SMILES string of the molecule is C=CCN1C(=S)NC(c2ccc(F)cc2)C(c2nc(-c3ccccc3)no2)=C1C. The van der Waals surface area contributed by atoms with Gasteiger partial charge in [0.1, 0.15) is 5.82 Å². The van der Waals surface area contributed by atoms with Gasteiger partial charge < -0.3 is 14.7 Å². The first-order chi connectivity index (χ1) is 14.1. The lowest BCUT2D eigenvalue weighted by Gasteiger charge is -2.36. The van der Waals surface area contributed by atoms with E-state index >= 15 is 0 Å². The molecule has 0 saturated carbocycles. The number of nitrogens with zero attached hydrogens (tertiary/aromatic N) is 3. The fraction of sp³-hybridized carbons (Fsp3) is 0.136. The highest BCUT2D eigenvalue weighted by Gasteiger charge is 2.33. The van der Waals surface area contributed by atoms with Crippen molar-refractivity contribution in [3.8, 4) is 11.4 Å². The Hall–Kier alpha value is -3.32. The summed E-state index contributed by atoms with van der Waals surface area (Å²) >= 11 is 5.55. The normalized spacial score (nSPS) is 16.7. The van der Waals surface area contributed by atoms with Gasteiger partial charge in [0.15, 0.2) is 5.11 Å². The molecule has 1 unspecified atom stereocenters. The molecule has 2 heterocycles. The van der Waals surface area contributed by atoms with Crippen LogP contribution in [0.25, 0.3) is 17.0 Å². The van der Waals surface area contributed by atoms with Crippen LogP contribution in [0.5, 0.6) is 0 Å². The topological polar surface area (TPSA) is 54.2 Å². The van der Waals surface area contributed by atoms with Crippen molar-refractivity contribution in [1.29, 1.82) is 0 Å². The summed E-state index contributed by atoms with van der Waals surface area (Å²) in [7, 11) is 0. The largest absolute Gasteiger partial charge is 0.351 e. The molecular weight excluding hydrogens is 387 g/mol. The van der Waals surface area contributed by atoms with Gasteiger partial charge in [-0.25, -0.2) is 4.39 Å². The van der Waals surface area contributed by atoms with Crippen LogP contribution in [0.1, 0.15) is 24.4 Å². The van der Waals surface area contributed by atoms with Crippen LogP contribution < -0.4 is 5.32 Å². The van der Waals surface area contributed by atoms with Crippen molar-refractivity contribution >= 4 is 22.9 Å². The van der Waals surface area contributed by atoms with Crippen molar-refractivity contribution in [2.24, 2.45) is 0 Å². The molecule has 1 atom stereocenters. The maximum Gasteiger partial charge on any atom is 0.258 e. The second-order valence-corrected chi connectivity index (χ2v) is 7.01. The summed E-state index contributed by atoms with van der Waals surface area (Å²) in [5.74, 6) is 0.591. The second kappa shape index (κ2) is 7.97. The molecule has 0 amide bonds. The highest BCUT2D eigenvalue weighted by atomic mass is 32.1.